The van der Waals surface area contributed by atoms with Gasteiger partial charge in [-0.25, -0.2) is 9.59 Å². The molecule has 0 saturated carbocycles. The Morgan fingerprint density at radius 1 is 1.00 bits per heavy atom. The molecule has 158 valence electrons. The fraction of sp³-hybridized carbons (Fsp3) is 0.318. The molecule has 2 atom stereocenters. The molecule has 30 heavy (non-hydrogen) atoms. The summed E-state index contributed by atoms with van der Waals surface area (Å²) in [4.78, 5) is 35.4. The number of rotatable bonds is 8. The van der Waals surface area contributed by atoms with E-state index in [9.17, 15) is 14.4 Å². The number of hydrogen-bond donors (Lipinski definition) is 4. The van der Waals surface area contributed by atoms with Gasteiger partial charge in [0.15, 0.2) is 0 Å². The number of carboxylic acids is 1. The summed E-state index contributed by atoms with van der Waals surface area (Å²) < 4.78 is 5.37. The van der Waals surface area contributed by atoms with Gasteiger partial charge in [0.05, 0.1) is 0 Å². The van der Waals surface area contributed by atoms with E-state index in [1.165, 1.54) is 6.92 Å². The van der Waals surface area contributed by atoms with E-state index < -0.39 is 30.1 Å². The highest BCUT2D eigenvalue weighted by molar-refractivity contribution is 5.89. The summed E-state index contributed by atoms with van der Waals surface area (Å²) in [5.41, 5.74) is 4.37. The number of amides is 2. The molecule has 1 aliphatic carbocycles. The largest absolute Gasteiger partial charge is 0.480 e. The van der Waals surface area contributed by atoms with Crippen molar-refractivity contribution >= 4 is 18.0 Å². The second kappa shape index (κ2) is 9.41. The topological polar surface area (TPSA) is 125 Å². The van der Waals surface area contributed by atoms with Crippen LogP contribution < -0.4 is 10.6 Å². The Morgan fingerprint density at radius 3 is 2.10 bits per heavy atom. The Bertz CT molecular complexity index is 899. The first kappa shape index (κ1) is 21.3. The van der Waals surface area contributed by atoms with Gasteiger partial charge in [-0.1, -0.05) is 48.5 Å². The lowest BCUT2D eigenvalue weighted by atomic mass is 9.98. The highest BCUT2D eigenvalue weighted by atomic mass is 16.5. The number of nitrogens with one attached hydrogen (secondary N) is 2. The van der Waals surface area contributed by atoms with Gasteiger partial charge in [-0.15, -0.1) is 0 Å². The first-order valence-electron chi connectivity index (χ1n) is 9.68. The average Bonchev–Trinajstić information content (AvgIpc) is 3.05. The molecule has 2 amide bonds. The minimum absolute atomic E-state index is 0.103. The summed E-state index contributed by atoms with van der Waals surface area (Å²) in [5, 5.41) is 22.6. The third-order valence-electron chi connectivity index (χ3n) is 5.10. The maximum atomic E-state index is 12.2. The van der Waals surface area contributed by atoms with Crippen LogP contribution in [-0.4, -0.2) is 53.5 Å². The summed E-state index contributed by atoms with van der Waals surface area (Å²) >= 11 is 0. The van der Waals surface area contributed by atoms with E-state index in [0.717, 1.165) is 22.3 Å². The van der Waals surface area contributed by atoms with Crippen molar-refractivity contribution in [3.8, 4) is 11.1 Å². The van der Waals surface area contributed by atoms with E-state index in [1.807, 2.05) is 48.5 Å². The molecule has 8 heteroatoms. The molecular formula is C22H24N2O6. The first-order chi connectivity index (χ1) is 14.4. The number of carbonyl (C=O) groups is 3. The molecule has 0 fully saturated rings. The maximum Gasteiger partial charge on any atom is 0.407 e. The Morgan fingerprint density at radius 2 is 1.57 bits per heavy atom. The lowest BCUT2D eigenvalue weighted by Crippen LogP contribution is -2.50. The Balaban J connectivity index is 1.58. The normalized spacial score (nSPS) is 14.2. The van der Waals surface area contributed by atoms with E-state index in [2.05, 4.69) is 10.6 Å². The lowest BCUT2D eigenvalue weighted by Gasteiger charge is -2.19. The van der Waals surface area contributed by atoms with Crippen molar-refractivity contribution in [3.63, 3.8) is 0 Å². The highest BCUT2D eigenvalue weighted by Crippen LogP contribution is 2.44. The summed E-state index contributed by atoms with van der Waals surface area (Å²) in [6.45, 7) is 1.15. The van der Waals surface area contributed by atoms with Crippen LogP contribution in [0.5, 0.6) is 0 Å². The van der Waals surface area contributed by atoms with E-state index in [1.54, 1.807) is 0 Å². The Hall–Kier alpha value is -3.39. The van der Waals surface area contributed by atoms with E-state index >= 15 is 0 Å². The van der Waals surface area contributed by atoms with Crippen LogP contribution in [0.1, 0.15) is 30.4 Å². The van der Waals surface area contributed by atoms with Crippen molar-refractivity contribution in [2.75, 3.05) is 13.2 Å². The number of benzene rings is 2. The van der Waals surface area contributed by atoms with Crippen LogP contribution >= 0.6 is 0 Å². The molecular weight excluding hydrogens is 388 g/mol. The van der Waals surface area contributed by atoms with Gasteiger partial charge in [-0.05, 0) is 29.2 Å². The smallest absolute Gasteiger partial charge is 0.407 e. The minimum Gasteiger partial charge on any atom is -0.480 e. The third-order valence-corrected chi connectivity index (χ3v) is 5.10. The maximum absolute atomic E-state index is 12.2. The highest BCUT2D eigenvalue weighted by Gasteiger charge is 2.29. The number of hydrogen-bond acceptors (Lipinski definition) is 5. The summed E-state index contributed by atoms with van der Waals surface area (Å²) in [6.07, 6.45) is -0.896. The van der Waals surface area contributed by atoms with E-state index in [0.29, 0.717) is 0 Å². The Kier molecular flexibility index (Phi) is 6.68. The van der Waals surface area contributed by atoms with Gasteiger partial charge in [-0.2, -0.15) is 0 Å². The molecule has 4 N–H and O–H groups in total. The molecule has 1 aliphatic rings. The molecule has 3 rings (SSSR count). The zero-order valence-electron chi connectivity index (χ0n) is 16.5. The monoisotopic (exact) mass is 412 g/mol. The van der Waals surface area contributed by atoms with Crippen LogP contribution in [0, 0.1) is 0 Å². The number of fused-ring (bicyclic) bond motifs is 3. The fourth-order valence-corrected chi connectivity index (χ4v) is 3.57. The van der Waals surface area contributed by atoms with Crippen molar-refractivity contribution in [1.82, 2.24) is 10.6 Å². The fourth-order valence-electron chi connectivity index (χ4n) is 3.57. The van der Waals surface area contributed by atoms with Crippen LogP contribution in [0.4, 0.5) is 4.79 Å². The predicted molar refractivity (Wildman–Crippen MR) is 109 cm³/mol. The van der Waals surface area contributed by atoms with Crippen molar-refractivity contribution in [3.05, 3.63) is 59.7 Å². The Labute approximate surface area is 173 Å². The van der Waals surface area contributed by atoms with Gasteiger partial charge in [0.1, 0.15) is 18.7 Å². The number of aliphatic carboxylic acids is 1. The van der Waals surface area contributed by atoms with Crippen molar-refractivity contribution in [1.29, 1.82) is 0 Å². The second-order valence-corrected chi connectivity index (χ2v) is 7.10. The number of aliphatic hydroxyl groups is 1. The van der Waals surface area contributed by atoms with Gasteiger partial charge in [0.2, 0.25) is 5.91 Å². The molecule has 0 heterocycles. The zero-order chi connectivity index (χ0) is 21.7. The zero-order valence-corrected chi connectivity index (χ0v) is 16.5. The number of carboxylic acid groups (broad SMARTS) is 1. The predicted octanol–water partition coefficient (Wildman–Crippen LogP) is 1.87. The van der Waals surface area contributed by atoms with Crippen LogP contribution in [-0.2, 0) is 14.3 Å². The van der Waals surface area contributed by atoms with Crippen molar-refractivity contribution in [2.45, 2.75) is 31.3 Å². The summed E-state index contributed by atoms with van der Waals surface area (Å²) in [6, 6.07) is 13.7. The SMILES string of the molecule is C[C@H](NC(=O)OCC1c2ccccc2-c2ccccc21)C(=O)N[C@H](CCO)C(=O)O. The third kappa shape index (κ3) is 4.60. The van der Waals surface area contributed by atoms with E-state index in [-0.39, 0.29) is 25.6 Å². The van der Waals surface area contributed by atoms with Crippen LogP contribution in [0.2, 0.25) is 0 Å². The molecule has 0 spiro atoms. The molecule has 0 aromatic heterocycles. The standard InChI is InChI=1S/C22H24N2O6/c1-13(20(26)24-19(10-11-25)21(27)28)23-22(29)30-12-18-16-8-4-2-6-14(16)15-7-3-5-9-17(15)18/h2-9,13,18-19,25H,10-12H2,1H3,(H,23,29)(H,24,26)(H,27,28)/t13-,19+/m0/s1. The molecule has 0 radical (unpaired) electrons. The molecule has 8 nitrogen and oxygen atoms in total. The molecule has 2 aromatic carbocycles. The molecule has 0 unspecified atom stereocenters. The summed E-state index contributed by atoms with van der Waals surface area (Å²) in [5.74, 6) is -2.04. The summed E-state index contributed by atoms with van der Waals surface area (Å²) in [7, 11) is 0. The van der Waals surface area contributed by atoms with Crippen molar-refractivity contribution < 1.29 is 29.3 Å². The molecule has 2 aromatic rings. The van der Waals surface area contributed by atoms with Crippen molar-refractivity contribution in [2.24, 2.45) is 0 Å². The van der Waals surface area contributed by atoms with E-state index in [4.69, 9.17) is 14.9 Å². The number of carbonyl (C=O) groups excluding carboxylic acids is 2. The quantitative estimate of drug-likeness (QED) is 0.525. The van der Waals surface area contributed by atoms with Gasteiger partial charge >= 0.3 is 12.1 Å². The first-order valence-corrected chi connectivity index (χ1v) is 9.68. The number of alkyl carbamates (subject to hydrolysis) is 1. The number of ether oxygens (including phenoxy) is 1. The van der Waals surface area contributed by atoms with Gasteiger partial charge in [0, 0.05) is 18.9 Å². The molecule has 0 bridgehead atoms. The number of aliphatic hydroxyl groups excluding tert-OH is 1. The van der Waals surface area contributed by atoms with Crippen LogP contribution in [0.25, 0.3) is 11.1 Å². The molecule has 0 saturated heterocycles. The van der Waals surface area contributed by atoms with Crippen LogP contribution in [0.3, 0.4) is 0 Å². The minimum atomic E-state index is -1.26. The van der Waals surface area contributed by atoms with Gasteiger partial charge < -0.3 is 25.6 Å². The average molecular weight is 412 g/mol. The van der Waals surface area contributed by atoms with Gasteiger partial charge in [-0.3, -0.25) is 4.79 Å². The van der Waals surface area contributed by atoms with Gasteiger partial charge in [0.25, 0.3) is 0 Å². The molecule has 0 aliphatic heterocycles. The van der Waals surface area contributed by atoms with Crippen LogP contribution in [0.15, 0.2) is 48.5 Å². The second-order valence-electron chi connectivity index (χ2n) is 7.10. The lowest BCUT2D eigenvalue weighted by molar-refractivity contribution is -0.142.